The highest BCUT2D eigenvalue weighted by atomic mass is 19.2. The monoisotopic (exact) mass is 977 g/mol. The van der Waals surface area contributed by atoms with Crippen LogP contribution < -0.4 is 26.8 Å². The minimum absolute atomic E-state index is 1.35. The Hall–Kier alpha value is -4.50. The molecule has 0 aliphatic rings. The van der Waals surface area contributed by atoms with Crippen LogP contribution in [0.5, 0.6) is 0 Å². The number of hydrogen-bond donors (Lipinski definition) is 1. The van der Waals surface area contributed by atoms with Gasteiger partial charge in [-0.25, -0.2) is 87.8 Å². The van der Waals surface area contributed by atoms with E-state index in [2.05, 4.69) is 20.8 Å². The van der Waals surface area contributed by atoms with Crippen molar-refractivity contribution in [2.24, 2.45) is 0 Å². The minimum atomic E-state index is -7.22. The maximum Gasteiger partial charge on any atom is 0.200 e. The summed E-state index contributed by atoms with van der Waals surface area (Å²) in [7, 11) is 0. The zero-order valence-electron chi connectivity index (χ0n) is 35.7. The minimum Gasteiger partial charge on any atom is -0.335 e. The molecule has 0 amide bonds. The van der Waals surface area contributed by atoms with Gasteiger partial charge in [0, 0.05) is 0 Å². The zero-order valence-corrected chi connectivity index (χ0v) is 35.7. The van der Waals surface area contributed by atoms with Crippen molar-refractivity contribution >= 4 is 28.0 Å². The summed E-state index contributed by atoms with van der Waals surface area (Å²) in [6, 6.07) is 0. The van der Waals surface area contributed by atoms with Gasteiger partial charge in [-0.1, -0.05) is 85.0 Å². The number of benzene rings is 4. The summed E-state index contributed by atoms with van der Waals surface area (Å²) in [6.45, 7) is 11.2. The Labute approximate surface area is 367 Å². The molecule has 0 saturated heterocycles. The van der Waals surface area contributed by atoms with E-state index >= 15 is 35.1 Å². The van der Waals surface area contributed by atoms with Gasteiger partial charge in [-0.3, -0.25) is 0 Å². The molecule has 0 aliphatic heterocycles. The Morgan fingerprint density at radius 3 is 0.606 bits per heavy atom. The molecular weight excluding hydrogens is 933 g/mol. The van der Waals surface area contributed by atoms with Gasteiger partial charge >= 0.3 is 0 Å². The van der Waals surface area contributed by atoms with Gasteiger partial charge in [0.25, 0.3) is 0 Å². The lowest BCUT2D eigenvalue weighted by Gasteiger charge is -2.44. The molecule has 0 spiro atoms. The molecular formula is C44H44BF20N. The largest absolute Gasteiger partial charge is 0.335 e. The fourth-order valence-corrected chi connectivity index (χ4v) is 7.97. The van der Waals surface area contributed by atoms with Gasteiger partial charge in [0.2, 0.25) is 0 Å². The van der Waals surface area contributed by atoms with E-state index in [1.54, 1.807) is 0 Å². The molecule has 0 unspecified atom stereocenters. The average Bonchev–Trinajstić information content (AvgIpc) is 3.30. The predicted molar refractivity (Wildman–Crippen MR) is 206 cm³/mol. The predicted octanol–water partition coefficient (Wildman–Crippen LogP) is 11.2. The summed E-state index contributed by atoms with van der Waals surface area (Å²) in [4.78, 5) is 1.87. The third-order valence-electron chi connectivity index (χ3n) is 11.4. The van der Waals surface area contributed by atoms with Gasteiger partial charge in [-0.05, 0) is 25.7 Å². The maximum atomic E-state index is 15.4. The van der Waals surface area contributed by atoms with E-state index in [9.17, 15) is 52.7 Å². The molecule has 0 aromatic heterocycles. The van der Waals surface area contributed by atoms with Gasteiger partial charge in [0.05, 0.1) is 19.6 Å². The van der Waals surface area contributed by atoms with Crippen LogP contribution in [0, 0.1) is 116 Å². The quantitative estimate of drug-likeness (QED) is 0.0279. The lowest BCUT2D eigenvalue weighted by atomic mass is 9.12. The highest BCUT2D eigenvalue weighted by Gasteiger charge is 2.52. The SMILES string of the molecule is CCCCCCCCCCCC[NH+](CCCC)CCCC.Fc1c(F)c(F)c([B-](c2c(F)c(F)c(F)c(F)c2F)(c2c(F)c(F)c(F)c(F)c2F)c2c(F)c(F)c(F)c(F)c2F)c(F)c1F. The molecule has 0 fully saturated rings. The number of halogens is 20. The lowest BCUT2D eigenvalue weighted by molar-refractivity contribution is -0.900. The Balaban J connectivity index is 0.000000464. The van der Waals surface area contributed by atoms with Gasteiger partial charge in [0.1, 0.15) is 52.7 Å². The number of hydrogen-bond acceptors (Lipinski definition) is 0. The van der Waals surface area contributed by atoms with E-state index in [1.165, 1.54) is 110 Å². The topological polar surface area (TPSA) is 4.44 Å². The molecule has 4 rings (SSSR count). The molecule has 66 heavy (non-hydrogen) atoms. The summed E-state index contributed by atoms with van der Waals surface area (Å²) in [6.07, 6.45) is 12.9. The highest BCUT2D eigenvalue weighted by molar-refractivity contribution is 7.20. The van der Waals surface area contributed by atoms with Crippen LogP contribution in [-0.4, -0.2) is 25.8 Å². The van der Waals surface area contributed by atoms with Crippen molar-refractivity contribution in [2.45, 2.75) is 111 Å². The van der Waals surface area contributed by atoms with Crippen molar-refractivity contribution in [3.05, 3.63) is 116 Å². The van der Waals surface area contributed by atoms with E-state index in [-0.39, 0.29) is 0 Å². The zero-order chi connectivity index (χ0) is 50.0. The number of nitrogens with one attached hydrogen (secondary N) is 1. The van der Waals surface area contributed by atoms with Crippen molar-refractivity contribution in [2.75, 3.05) is 19.6 Å². The van der Waals surface area contributed by atoms with Crippen molar-refractivity contribution < 1.29 is 92.7 Å². The van der Waals surface area contributed by atoms with Crippen LogP contribution in [0.25, 0.3) is 0 Å². The molecule has 1 N–H and O–H groups in total. The van der Waals surface area contributed by atoms with Crippen LogP contribution >= 0.6 is 0 Å². The normalized spacial score (nSPS) is 11.8. The number of unbranched alkanes of at least 4 members (excludes halogenated alkanes) is 11. The Kier molecular flexibility index (Phi) is 20.7. The van der Waals surface area contributed by atoms with Crippen LogP contribution in [0.3, 0.4) is 0 Å². The van der Waals surface area contributed by atoms with Crippen LogP contribution in [0.4, 0.5) is 87.8 Å². The van der Waals surface area contributed by atoms with E-state index in [0.29, 0.717) is 0 Å². The summed E-state index contributed by atoms with van der Waals surface area (Å²) in [5, 5.41) is 0. The van der Waals surface area contributed by atoms with Gasteiger partial charge in [-0.2, -0.15) is 0 Å². The maximum absolute atomic E-state index is 15.4. The molecule has 22 heteroatoms. The van der Waals surface area contributed by atoms with Crippen LogP contribution in [-0.2, 0) is 0 Å². The van der Waals surface area contributed by atoms with Crippen molar-refractivity contribution in [1.29, 1.82) is 0 Å². The first-order valence-corrected chi connectivity index (χ1v) is 21.1. The molecule has 4 aromatic carbocycles. The second-order valence-corrected chi connectivity index (χ2v) is 15.7. The molecule has 4 aromatic rings. The molecule has 0 bridgehead atoms. The Morgan fingerprint density at radius 2 is 0.394 bits per heavy atom. The number of rotatable bonds is 21. The van der Waals surface area contributed by atoms with Gasteiger partial charge in [-0.15, -0.1) is 21.9 Å². The summed E-state index contributed by atoms with van der Waals surface area (Å²) >= 11 is 0. The summed E-state index contributed by atoms with van der Waals surface area (Å²) in [5.74, 6) is -71.4. The van der Waals surface area contributed by atoms with E-state index in [0.717, 1.165) is 0 Å². The summed E-state index contributed by atoms with van der Waals surface area (Å²) < 4.78 is 294. The van der Waals surface area contributed by atoms with Crippen LogP contribution in [0.2, 0.25) is 0 Å². The molecule has 1 nitrogen and oxygen atoms in total. The van der Waals surface area contributed by atoms with Crippen LogP contribution in [0.15, 0.2) is 0 Å². The molecule has 0 heterocycles. The third kappa shape index (κ3) is 11.1. The van der Waals surface area contributed by atoms with E-state index < -0.39 is 144 Å². The first-order chi connectivity index (χ1) is 31.0. The second kappa shape index (κ2) is 24.5. The average molecular weight is 978 g/mol. The second-order valence-electron chi connectivity index (χ2n) is 15.7. The number of quaternary nitrogens is 1. The van der Waals surface area contributed by atoms with Gasteiger partial charge in [0.15, 0.2) is 69.8 Å². The fourth-order valence-electron chi connectivity index (χ4n) is 7.97. The smallest absolute Gasteiger partial charge is 0.200 e. The fraction of sp³-hybridized carbons (Fsp3) is 0.455. The van der Waals surface area contributed by atoms with Crippen molar-refractivity contribution in [1.82, 2.24) is 0 Å². The van der Waals surface area contributed by atoms with E-state index in [4.69, 9.17) is 0 Å². The Bertz CT molecular complexity index is 1930. The summed E-state index contributed by atoms with van der Waals surface area (Å²) in [5.41, 5.74) is -14.3. The molecule has 0 radical (unpaired) electrons. The molecule has 0 saturated carbocycles. The van der Waals surface area contributed by atoms with Crippen molar-refractivity contribution in [3.8, 4) is 0 Å². The highest BCUT2D eigenvalue weighted by Crippen LogP contribution is 2.31. The first-order valence-electron chi connectivity index (χ1n) is 21.1. The lowest BCUT2D eigenvalue weighted by Crippen LogP contribution is -3.12. The first kappa shape index (κ1) is 55.8. The molecule has 0 atom stereocenters. The standard InChI is InChI=1S/C24BF20.C20H43N/c26-5-1(6(27)14(35)21(42)13(5)34)25(2-7(28)15(36)22(43)16(37)8(2)29,3-9(30)17(38)23(44)18(39)10(3)31)4-11(32)19(40)24(45)20(41)12(4)33;1-4-7-10-11-12-13-14-15-16-17-20-21(18-8-5-2)19-9-6-3/h;4-20H2,1-3H3/q-1;/p+1. The molecule has 368 valence electrons. The third-order valence-corrected chi connectivity index (χ3v) is 11.4. The van der Waals surface area contributed by atoms with E-state index in [1.807, 2.05) is 4.90 Å². The van der Waals surface area contributed by atoms with Crippen molar-refractivity contribution in [3.63, 3.8) is 0 Å². The van der Waals surface area contributed by atoms with Gasteiger partial charge < -0.3 is 4.90 Å². The molecule has 0 aliphatic carbocycles. The van der Waals surface area contributed by atoms with Crippen LogP contribution in [0.1, 0.15) is 111 Å². The Morgan fingerprint density at radius 1 is 0.227 bits per heavy atom.